The van der Waals surface area contributed by atoms with Crippen LogP contribution in [0.2, 0.25) is 0 Å². The minimum absolute atomic E-state index is 0. The van der Waals surface area contributed by atoms with Crippen LogP contribution in [0.3, 0.4) is 0 Å². The van der Waals surface area contributed by atoms with E-state index in [1.54, 1.807) is 0 Å². The van der Waals surface area contributed by atoms with Crippen molar-refractivity contribution in [2.24, 2.45) is 5.73 Å². The van der Waals surface area contributed by atoms with E-state index in [9.17, 15) is 4.79 Å². The lowest BCUT2D eigenvalue weighted by Gasteiger charge is -2.23. The summed E-state index contributed by atoms with van der Waals surface area (Å²) in [5.41, 5.74) is 5.52. The molecule has 2 atom stereocenters. The summed E-state index contributed by atoms with van der Waals surface area (Å²) in [4.78, 5) is 10.3. The molecule has 0 saturated carbocycles. The maximum Gasteiger partial charge on any atom is 0.332 e. The van der Waals surface area contributed by atoms with Gasteiger partial charge in [-0.1, -0.05) is 0 Å². The van der Waals surface area contributed by atoms with Crippen LogP contribution in [0.15, 0.2) is 0 Å². The van der Waals surface area contributed by atoms with Crippen molar-refractivity contribution in [3.63, 3.8) is 0 Å². The zero-order valence-electron chi connectivity index (χ0n) is 6.03. The number of hydrogen-bond donors (Lipinski definition) is 2. The molecule has 11 heavy (non-hydrogen) atoms. The van der Waals surface area contributed by atoms with Gasteiger partial charge in [-0.15, -0.1) is 12.4 Å². The van der Waals surface area contributed by atoms with Crippen molar-refractivity contribution in [1.29, 1.82) is 0 Å². The summed E-state index contributed by atoms with van der Waals surface area (Å²) in [6.45, 7) is 0.470. The van der Waals surface area contributed by atoms with Crippen molar-refractivity contribution in [2.75, 3.05) is 6.61 Å². The molecule has 0 spiro atoms. The minimum atomic E-state index is -0.907. The standard InChI is InChI=1S/C6H11NO3.ClH/c7-4-1-2-10-5(3-4)6(8)9;/h4-5H,1-3,7H2,(H,8,9);1H. The maximum absolute atomic E-state index is 10.3. The van der Waals surface area contributed by atoms with E-state index in [4.69, 9.17) is 15.6 Å². The third-order valence-electron chi connectivity index (χ3n) is 1.60. The highest BCUT2D eigenvalue weighted by Gasteiger charge is 2.25. The van der Waals surface area contributed by atoms with Crippen LogP contribution in [0, 0.1) is 0 Å². The molecule has 0 amide bonds. The SMILES string of the molecule is Cl.NC1CCOC(C(=O)O)C1. The van der Waals surface area contributed by atoms with Crippen molar-refractivity contribution in [1.82, 2.24) is 0 Å². The predicted octanol–water partition coefficient (Wildman–Crippen LogP) is -0.000900. The Labute approximate surface area is 71.1 Å². The molecule has 66 valence electrons. The number of hydrogen-bond acceptors (Lipinski definition) is 3. The van der Waals surface area contributed by atoms with Crippen LogP contribution in [0.5, 0.6) is 0 Å². The molecule has 1 aliphatic heterocycles. The van der Waals surface area contributed by atoms with Gasteiger partial charge in [0.15, 0.2) is 6.10 Å². The van der Waals surface area contributed by atoms with Crippen molar-refractivity contribution >= 4 is 18.4 Å². The first-order valence-electron chi connectivity index (χ1n) is 3.30. The first kappa shape index (κ1) is 10.7. The van der Waals surface area contributed by atoms with Crippen LogP contribution >= 0.6 is 12.4 Å². The van der Waals surface area contributed by atoms with Gasteiger partial charge in [-0.2, -0.15) is 0 Å². The number of aliphatic carboxylic acids is 1. The number of carbonyl (C=O) groups is 1. The Bertz CT molecular complexity index is 142. The van der Waals surface area contributed by atoms with Crippen molar-refractivity contribution in [3.05, 3.63) is 0 Å². The summed E-state index contributed by atoms with van der Waals surface area (Å²) in [7, 11) is 0. The fourth-order valence-electron chi connectivity index (χ4n) is 0.995. The van der Waals surface area contributed by atoms with Gasteiger partial charge in [-0.05, 0) is 12.8 Å². The molecule has 0 aliphatic carbocycles. The van der Waals surface area contributed by atoms with Crippen molar-refractivity contribution in [3.8, 4) is 0 Å². The molecule has 1 saturated heterocycles. The van der Waals surface area contributed by atoms with Crippen LogP contribution in [-0.2, 0) is 9.53 Å². The zero-order chi connectivity index (χ0) is 7.56. The highest BCUT2D eigenvalue weighted by molar-refractivity contribution is 5.85. The molecular formula is C6H12ClNO3. The summed E-state index contributed by atoms with van der Waals surface area (Å²) >= 11 is 0. The fourth-order valence-corrected chi connectivity index (χ4v) is 0.995. The van der Waals surface area contributed by atoms with Crippen molar-refractivity contribution in [2.45, 2.75) is 25.0 Å². The highest BCUT2D eigenvalue weighted by Crippen LogP contribution is 2.11. The Morgan fingerprint density at radius 1 is 1.64 bits per heavy atom. The lowest BCUT2D eigenvalue weighted by atomic mass is 10.0. The summed E-state index contributed by atoms with van der Waals surface area (Å²) in [5.74, 6) is -0.907. The Morgan fingerprint density at radius 3 is 2.64 bits per heavy atom. The largest absolute Gasteiger partial charge is 0.479 e. The first-order valence-corrected chi connectivity index (χ1v) is 3.30. The number of carboxylic acid groups (broad SMARTS) is 1. The average molecular weight is 182 g/mol. The quantitative estimate of drug-likeness (QED) is 0.597. The van der Waals surface area contributed by atoms with Gasteiger partial charge >= 0.3 is 5.97 Å². The molecule has 1 fully saturated rings. The number of halogens is 1. The molecule has 1 heterocycles. The van der Waals surface area contributed by atoms with Crippen LogP contribution in [0.25, 0.3) is 0 Å². The molecule has 3 N–H and O–H groups in total. The number of nitrogens with two attached hydrogens (primary N) is 1. The van der Waals surface area contributed by atoms with E-state index in [-0.39, 0.29) is 18.4 Å². The minimum Gasteiger partial charge on any atom is -0.479 e. The average Bonchev–Trinajstić information content (AvgIpc) is 1.88. The fraction of sp³-hybridized carbons (Fsp3) is 0.833. The maximum atomic E-state index is 10.3. The second-order valence-corrected chi connectivity index (χ2v) is 2.48. The number of ether oxygens (including phenoxy) is 1. The highest BCUT2D eigenvalue weighted by atomic mass is 35.5. The summed E-state index contributed by atoms with van der Waals surface area (Å²) in [5, 5.41) is 8.48. The van der Waals surface area contributed by atoms with Crippen LogP contribution in [0.1, 0.15) is 12.8 Å². The molecule has 1 aliphatic rings. The molecule has 0 bridgehead atoms. The van der Waals surface area contributed by atoms with Crippen molar-refractivity contribution < 1.29 is 14.6 Å². The van der Waals surface area contributed by atoms with E-state index in [2.05, 4.69) is 0 Å². The van der Waals surface area contributed by atoms with Gasteiger partial charge in [0.25, 0.3) is 0 Å². The Balaban J connectivity index is 0.000001000. The van der Waals surface area contributed by atoms with E-state index >= 15 is 0 Å². The Kier molecular flexibility index (Phi) is 4.40. The molecule has 0 radical (unpaired) electrons. The normalized spacial score (nSPS) is 30.6. The number of rotatable bonds is 1. The third kappa shape index (κ3) is 3.05. The monoisotopic (exact) mass is 181 g/mol. The molecule has 5 heteroatoms. The van der Waals surface area contributed by atoms with E-state index in [1.165, 1.54) is 0 Å². The van der Waals surface area contributed by atoms with E-state index in [0.717, 1.165) is 6.42 Å². The van der Waals surface area contributed by atoms with Gasteiger partial charge in [-0.3, -0.25) is 0 Å². The molecule has 1 rings (SSSR count). The first-order chi connectivity index (χ1) is 4.70. The molecule has 0 aromatic heterocycles. The van der Waals surface area contributed by atoms with Gasteiger partial charge in [0.2, 0.25) is 0 Å². The van der Waals surface area contributed by atoms with E-state index < -0.39 is 12.1 Å². The Hall–Kier alpha value is -0.320. The van der Waals surface area contributed by atoms with Crippen LogP contribution in [-0.4, -0.2) is 29.8 Å². The second kappa shape index (κ2) is 4.54. The lowest BCUT2D eigenvalue weighted by molar-refractivity contribution is -0.153. The summed E-state index contributed by atoms with van der Waals surface area (Å²) in [6, 6.07) is -0.00477. The van der Waals surface area contributed by atoms with Gasteiger partial charge in [-0.25, -0.2) is 4.79 Å². The predicted molar refractivity (Wildman–Crippen MR) is 41.8 cm³/mol. The molecule has 2 unspecified atom stereocenters. The van der Waals surface area contributed by atoms with E-state index in [0.29, 0.717) is 13.0 Å². The number of carboxylic acids is 1. The third-order valence-corrected chi connectivity index (χ3v) is 1.60. The van der Waals surface area contributed by atoms with Gasteiger partial charge in [0.05, 0.1) is 0 Å². The van der Waals surface area contributed by atoms with Crippen LogP contribution in [0.4, 0.5) is 0 Å². The topological polar surface area (TPSA) is 72.5 Å². The molecule has 0 aromatic rings. The second-order valence-electron chi connectivity index (χ2n) is 2.48. The zero-order valence-corrected chi connectivity index (χ0v) is 6.84. The Morgan fingerprint density at radius 2 is 2.27 bits per heavy atom. The molecule has 4 nitrogen and oxygen atoms in total. The van der Waals surface area contributed by atoms with Gasteiger partial charge < -0.3 is 15.6 Å². The smallest absolute Gasteiger partial charge is 0.332 e. The molecule has 0 aromatic carbocycles. The summed E-state index contributed by atoms with van der Waals surface area (Å²) in [6.07, 6.45) is 0.530. The lowest BCUT2D eigenvalue weighted by Crippen LogP contribution is -2.38. The van der Waals surface area contributed by atoms with Crippen LogP contribution < -0.4 is 5.73 Å². The van der Waals surface area contributed by atoms with Gasteiger partial charge in [0, 0.05) is 12.6 Å². The molecular weight excluding hydrogens is 170 g/mol. The van der Waals surface area contributed by atoms with E-state index in [1.807, 2.05) is 0 Å². The summed E-state index contributed by atoms with van der Waals surface area (Å²) < 4.78 is 4.93. The van der Waals surface area contributed by atoms with Gasteiger partial charge in [0.1, 0.15) is 0 Å².